The second-order valence-corrected chi connectivity index (χ2v) is 7.08. The summed E-state index contributed by atoms with van der Waals surface area (Å²) in [5.74, 6) is -0.697. The molecule has 0 aliphatic carbocycles. The zero-order chi connectivity index (χ0) is 19.0. The highest BCUT2D eigenvalue weighted by molar-refractivity contribution is 6.35. The van der Waals surface area contributed by atoms with E-state index in [0.717, 1.165) is 16.8 Å². The smallest absolute Gasteiger partial charge is 0.148 e. The van der Waals surface area contributed by atoms with E-state index in [-0.39, 0.29) is 17.7 Å². The van der Waals surface area contributed by atoms with E-state index < -0.39 is 0 Å². The highest BCUT2D eigenvalue weighted by Gasteiger charge is 2.32. The molecule has 0 saturated carbocycles. The Balaban J connectivity index is 1.80. The molecule has 2 nitrogen and oxygen atoms in total. The largest absolute Gasteiger partial charge is 0.254 e. The normalized spacial score (nSPS) is 16.5. The minimum absolute atomic E-state index is 0.299. The highest BCUT2D eigenvalue weighted by atomic mass is 35.5. The van der Waals surface area contributed by atoms with Crippen LogP contribution >= 0.6 is 23.2 Å². The van der Waals surface area contributed by atoms with Crippen LogP contribution in [0.15, 0.2) is 71.8 Å². The van der Waals surface area contributed by atoms with Gasteiger partial charge in [-0.25, -0.2) is 8.78 Å². The molecule has 4 rings (SSSR count). The maximum absolute atomic E-state index is 14.5. The van der Waals surface area contributed by atoms with Gasteiger partial charge >= 0.3 is 0 Å². The fraction of sp³-hybridized carbons (Fsp3) is 0.0952. The van der Waals surface area contributed by atoms with E-state index in [9.17, 15) is 8.78 Å². The molecule has 1 atom stereocenters. The summed E-state index contributed by atoms with van der Waals surface area (Å²) in [5.41, 5.74) is 2.66. The molecule has 1 aliphatic rings. The molecule has 0 N–H and O–H groups in total. The van der Waals surface area contributed by atoms with Crippen molar-refractivity contribution in [2.24, 2.45) is 5.10 Å². The number of benzene rings is 3. The Morgan fingerprint density at radius 2 is 1.67 bits per heavy atom. The highest BCUT2D eigenvalue weighted by Crippen LogP contribution is 2.40. The van der Waals surface area contributed by atoms with Crippen molar-refractivity contribution >= 4 is 34.6 Å². The predicted molar refractivity (Wildman–Crippen MR) is 106 cm³/mol. The monoisotopic (exact) mass is 402 g/mol. The molecular weight excluding hydrogens is 389 g/mol. The lowest BCUT2D eigenvalue weighted by atomic mass is 9.98. The van der Waals surface area contributed by atoms with Gasteiger partial charge in [0.2, 0.25) is 0 Å². The number of halogens is 4. The van der Waals surface area contributed by atoms with Crippen molar-refractivity contribution in [3.63, 3.8) is 0 Å². The zero-order valence-electron chi connectivity index (χ0n) is 14.0. The van der Waals surface area contributed by atoms with Crippen LogP contribution in [0.1, 0.15) is 23.6 Å². The van der Waals surface area contributed by atoms with Gasteiger partial charge in [-0.2, -0.15) is 5.10 Å². The molecule has 136 valence electrons. The van der Waals surface area contributed by atoms with E-state index >= 15 is 0 Å². The lowest BCUT2D eigenvalue weighted by molar-refractivity contribution is 0.606. The molecule has 27 heavy (non-hydrogen) atoms. The van der Waals surface area contributed by atoms with Gasteiger partial charge in [0, 0.05) is 16.5 Å². The molecule has 6 heteroatoms. The molecular formula is C21H14Cl2F2N2. The first-order valence-electron chi connectivity index (χ1n) is 8.35. The molecule has 1 heterocycles. The zero-order valence-corrected chi connectivity index (χ0v) is 15.6. The van der Waals surface area contributed by atoms with Crippen molar-refractivity contribution < 1.29 is 8.78 Å². The van der Waals surface area contributed by atoms with Crippen LogP contribution in [0, 0.1) is 11.6 Å². The Labute approximate surface area is 165 Å². The molecule has 0 bridgehead atoms. The van der Waals surface area contributed by atoms with Crippen LogP contribution in [0.4, 0.5) is 14.5 Å². The summed E-state index contributed by atoms with van der Waals surface area (Å²) in [6, 6.07) is 17.5. The fourth-order valence-corrected chi connectivity index (χ4v) is 3.74. The summed E-state index contributed by atoms with van der Waals surface area (Å²) < 4.78 is 27.7. The van der Waals surface area contributed by atoms with Crippen molar-refractivity contribution in [3.05, 3.63) is 99.5 Å². The first kappa shape index (κ1) is 18.0. The van der Waals surface area contributed by atoms with Crippen molar-refractivity contribution in [2.45, 2.75) is 12.5 Å². The second-order valence-electron chi connectivity index (χ2n) is 6.24. The van der Waals surface area contributed by atoms with Crippen LogP contribution in [0.25, 0.3) is 0 Å². The van der Waals surface area contributed by atoms with Crippen LogP contribution in [0.5, 0.6) is 0 Å². The first-order chi connectivity index (χ1) is 13.0. The number of hydrogen-bond donors (Lipinski definition) is 0. The third-order valence-corrected chi connectivity index (χ3v) is 5.07. The van der Waals surface area contributed by atoms with E-state index in [1.807, 2.05) is 6.07 Å². The Bertz CT molecular complexity index is 1020. The molecule has 0 unspecified atom stereocenters. The third-order valence-electron chi connectivity index (χ3n) is 4.51. The number of para-hydroxylation sites is 1. The summed E-state index contributed by atoms with van der Waals surface area (Å²) in [6.07, 6.45) is 0.501. The number of rotatable bonds is 3. The second kappa shape index (κ2) is 7.29. The van der Waals surface area contributed by atoms with Gasteiger partial charge < -0.3 is 0 Å². The van der Waals surface area contributed by atoms with Crippen LogP contribution < -0.4 is 5.01 Å². The summed E-state index contributed by atoms with van der Waals surface area (Å²) >= 11 is 12.4. The minimum atomic E-state index is -0.378. The molecule has 0 fully saturated rings. The number of anilines is 1. The van der Waals surface area contributed by atoms with Gasteiger partial charge in [-0.3, -0.25) is 5.01 Å². The van der Waals surface area contributed by atoms with Gasteiger partial charge in [0.1, 0.15) is 11.6 Å². The number of nitrogens with zero attached hydrogens (tertiary/aromatic N) is 2. The summed E-state index contributed by atoms with van der Waals surface area (Å²) in [4.78, 5) is 0. The maximum atomic E-state index is 14.5. The van der Waals surface area contributed by atoms with Crippen LogP contribution in [-0.4, -0.2) is 5.71 Å². The number of hydrogen-bond acceptors (Lipinski definition) is 2. The summed E-state index contributed by atoms with van der Waals surface area (Å²) in [6.45, 7) is 0. The van der Waals surface area contributed by atoms with Crippen molar-refractivity contribution in [3.8, 4) is 0 Å². The van der Waals surface area contributed by atoms with E-state index in [1.165, 1.54) is 18.2 Å². The molecule has 1 aliphatic heterocycles. The Kier molecular flexibility index (Phi) is 4.85. The Morgan fingerprint density at radius 3 is 2.37 bits per heavy atom. The quantitative estimate of drug-likeness (QED) is 0.480. The first-order valence-corrected chi connectivity index (χ1v) is 9.10. The molecule has 0 spiro atoms. The van der Waals surface area contributed by atoms with Gasteiger partial charge in [0.25, 0.3) is 0 Å². The lowest BCUT2D eigenvalue weighted by Crippen LogP contribution is -2.20. The van der Waals surface area contributed by atoms with Crippen molar-refractivity contribution in [1.29, 1.82) is 0 Å². The van der Waals surface area contributed by atoms with Gasteiger partial charge in [-0.15, -0.1) is 0 Å². The SMILES string of the molecule is Fc1ccc(C2=NN(c3ccccc3F)[C@@H](c3ccc(Cl)cc3Cl)C2)cc1. The average molecular weight is 403 g/mol. The third kappa shape index (κ3) is 3.55. The van der Waals surface area contributed by atoms with Crippen LogP contribution in [0.2, 0.25) is 10.0 Å². The average Bonchev–Trinajstić information content (AvgIpc) is 3.07. The molecule has 3 aromatic carbocycles. The lowest BCUT2D eigenvalue weighted by Gasteiger charge is -2.25. The van der Waals surface area contributed by atoms with Gasteiger partial charge in [0.15, 0.2) is 0 Å². The van der Waals surface area contributed by atoms with E-state index in [0.29, 0.717) is 22.2 Å². The molecule has 0 saturated heterocycles. The van der Waals surface area contributed by atoms with E-state index in [2.05, 4.69) is 5.10 Å². The summed E-state index contributed by atoms with van der Waals surface area (Å²) in [5, 5.41) is 7.28. The number of hydrazone groups is 1. The van der Waals surface area contributed by atoms with Gasteiger partial charge in [-0.1, -0.05) is 53.5 Å². The molecule has 0 radical (unpaired) electrons. The Morgan fingerprint density at radius 1 is 0.926 bits per heavy atom. The van der Waals surface area contributed by atoms with E-state index in [4.69, 9.17) is 23.2 Å². The topological polar surface area (TPSA) is 15.6 Å². The molecule has 0 amide bonds. The maximum Gasteiger partial charge on any atom is 0.148 e. The van der Waals surface area contributed by atoms with Gasteiger partial charge in [0.05, 0.1) is 17.4 Å². The van der Waals surface area contributed by atoms with Crippen molar-refractivity contribution in [1.82, 2.24) is 0 Å². The predicted octanol–water partition coefficient (Wildman–Crippen LogP) is 6.63. The molecule has 3 aromatic rings. The van der Waals surface area contributed by atoms with E-state index in [1.54, 1.807) is 47.5 Å². The van der Waals surface area contributed by atoms with Crippen molar-refractivity contribution in [2.75, 3.05) is 5.01 Å². The Hall–Kier alpha value is -2.43. The molecule has 0 aromatic heterocycles. The van der Waals surface area contributed by atoms with Gasteiger partial charge in [-0.05, 0) is 47.5 Å². The van der Waals surface area contributed by atoms with Crippen LogP contribution in [0.3, 0.4) is 0 Å². The minimum Gasteiger partial charge on any atom is -0.254 e. The standard InChI is InChI=1S/C21H14Cl2F2N2/c22-14-7-10-16(17(23)11-14)21-12-19(13-5-8-15(24)9-6-13)26-27(21)20-4-2-1-3-18(20)25/h1-11,21H,12H2/t21-/m1/s1. The fourth-order valence-electron chi connectivity index (χ4n) is 3.20. The summed E-state index contributed by atoms with van der Waals surface area (Å²) in [7, 11) is 0. The van der Waals surface area contributed by atoms with Crippen LogP contribution in [-0.2, 0) is 0 Å².